The van der Waals surface area contributed by atoms with Crippen molar-refractivity contribution >= 4 is 27.5 Å². The Morgan fingerprint density at radius 3 is 2.58 bits per heavy atom. The van der Waals surface area contributed by atoms with Gasteiger partial charge in [-0.25, -0.2) is 8.42 Å². The maximum absolute atomic E-state index is 13.1. The summed E-state index contributed by atoms with van der Waals surface area (Å²) in [6.07, 6.45) is 0.493. The Morgan fingerprint density at radius 2 is 1.87 bits per heavy atom. The normalized spacial score (nSPS) is 15.8. The van der Waals surface area contributed by atoms with E-state index in [9.17, 15) is 13.2 Å². The lowest BCUT2D eigenvalue weighted by molar-refractivity contribution is 0.0754. The average Bonchev–Trinajstić information content (AvgIpc) is 3.26. The average molecular weight is 465 g/mol. The Bertz CT molecular complexity index is 1200. The number of hydrogen-bond acceptors (Lipinski definition) is 7. The van der Waals surface area contributed by atoms with Crippen LogP contribution in [0.2, 0.25) is 5.02 Å². The highest BCUT2D eigenvalue weighted by Crippen LogP contribution is 2.26. The van der Waals surface area contributed by atoms with Gasteiger partial charge in [0.25, 0.3) is 5.91 Å². The molecule has 4 rings (SSSR count). The SMILES string of the molecule is Cc1noc(C)c1S(=O)(=O)N1CCCN(C(=O)c2cc(-c3cccc(Cl)c3)on2)CC1. The summed E-state index contributed by atoms with van der Waals surface area (Å²) in [5.74, 6) is 0.378. The first-order valence-electron chi connectivity index (χ1n) is 9.72. The van der Waals surface area contributed by atoms with Gasteiger partial charge < -0.3 is 13.9 Å². The van der Waals surface area contributed by atoms with Gasteiger partial charge in [-0.2, -0.15) is 4.31 Å². The molecule has 11 heteroatoms. The summed E-state index contributed by atoms with van der Waals surface area (Å²) in [7, 11) is -3.76. The molecule has 1 fully saturated rings. The summed E-state index contributed by atoms with van der Waals surface area (Å²) in [5, 5.41) is 8.19. The zero-order valence-corrected chi connectivity index (χ0v) is 18.6. The van der Waals surface area contributed by atoms with E-state index in [0.29, 0.717) is 41.6 Å². The largest absolute Gasteiger partial charge is 0.360 e. The van der Waals surface area contributed by atoms with Gasteiger partial charge in [0, 0.05) is 42.8 Å². The molecular formula is C20H21ClN4O5S. The van der Waals surface area contributed by atoms with Crippen LogP contribution in [0.4, 0.5) is 0 Å². The third-order valence-corrected chi connectivity index (χ3v) is 7.53. The summed E-state index contributed by atoms with van der Waals surface area (Å²) in [4.78, 5) is 14.6. The lowest BCUT2D eigenvalue weighted by Gasteiger charge is -2.21. The van der Waals surface area contributed by atoms with Crippen LogP contribution in [0.15, 0.2) is 44.3 Å². The molecule has 2 aromatic heterocycles. The third-order valence-electron chi connectivity index (χ3n) is 5.15. The molecule has 0 N–H and O–H groups in total. The Kier molecular flexibility index (Phi) is 5.87. The summed E-state index contributed by atoms with van der Waals surface area (Å²) in [6.45, 7) is 4.27. The summed E-state index contributed by atoms with van der Waals surface area (Å²) >= 11 is 6.01. The lowest BCUT2D eigenvalue weighted by atomic mass is 10.1. The Hall–Kier alpha value is -2.69. The number of amides is 1. The van der Waals surface area contributed by atoms with Crippen molar-refractivity contribution in [1.82, 2.24) is 19.5 Å². The minimum Gasteiger partial charge on any atom is -0.360 e. The summed E-state index contributed by atoms with van der Waals surface area (Å²) < 4.78 is 37.8. The molecule has 0 spiro atoms. The van der Waals surface area contributed by atoms with Crippen molar-refractivity contribution in [3.05, 3.63) is 52.5 Å². The number of rotatable bonds is 4. The molecule has 0 aliphatic carbocycles. The van der Waals surface area contributed by atoms with Gasteiger partial charge >= 0.3 is 0 Å². The molecule has 1 amide bonds. The lowest BCUT2D eigenvalue weighted by Crippen LogP contribution is -2.37. The molecule has 0 atom stereocenters. The van der Waals surface area contributed by atoms with Crippen LogP contribution in [-0.4, -0.2) is 60.0 Å². The quantitative estimate of drug-likeness (QED) is 0.583. The molecular weight excluding hydrogens is 444 g/mol. The highest BCUT2D eigenvalue weighted by Gasteiger charge is 2.33. The maximum atomic E-state index is 13.1. The van der Waals surface area contributed by atoms with Crippen LogP contribution >= 0.6 is 11.6 Å². The van der Waals surface area contributed by atoms with Gasteiger partial charge in [0.1, 0.15) is 10.6 Å². The molecule has 9 nitrogen and oxygen atoms in total. The van der Waals surface area contributed by atoms with Crippen molar-refractivity contribution in [2.75, 3.05) is 26.2 Å². The van der Waals surface area contributed by atoms with Crippen LogP contribution in [0.5, 0.6) is 0 Å². The molecule has 0 radical (unpaired) electrons. The van der Waals surface area contributed by atoms with Crippen LogP contribution < -0.4 is 0 Å². The highest BCUT2D eigenvalue weighted by molar-refractivity contribution is 7.89. The minimum atomic E-state index is -3.76. The van der Waals surface area contributed by atoms with Gasteiger partial charge in [-0.1, -0.05) is 34.0 Å². The van der Waals surface area contributed by atoms with Gasteiger partial charge in [0.05, 0.1) is 0 Å². The molecule has 0 saturated carbocycles. The van der Waals surface area contributed by atoms with Crippen LogP contribution in [0.1, 0.15) is 28.4 Å². The minimum absolute atomic E-state index is 0.0925. The first-order chi connectivity index (χ1) is 14.8. The zero-order chi connectivity index (χ0) is 22.2. The van der Waals surface area contributed by atoms with Crippen LogP contribution in [-0.2, 0) is 10.0 Å². The molecule has 1 aliphatic rings. The van der Waals surface area contributed by atoms with E-state index in [4.69, 9.17) is 20.6 Å². The van der Waals surface area contributed by atoms with Crippen molar-refractivity contribution in [2.45, 2.75) is 25.2 Å². The van der Waals surface area contributed by atoms with Gasteiger partial charge in [-0.05, 0) is 32.4 Å². The standard InChI is InChI=1S/C20H21ClN4O5S/c1-13-19(14(2)29-22-13)31(27,28)25-8-4-7-24(9-10-25)20(26)17-12-18(30-23-17)15-5-3-6-16(21)11-15/h3,5-6,11-12H,4,7-10H2,1-2H3. The number of nitrogens with zero attached hydrogens (tertiary/aromatic N) is 4. The summed E-state index contributed by atoms with van der Waals surface area (Å²) in [6, 6.07) is 8.62. The molecule has 1 saturated heterocycles. The van der Waals surface area contributed by atoms with Crippen LogP contribution in [0.3, 0.4) is 0 Å². The Balaban J connectivity index is 1.49. The number of hydrogen-bond donors (Lipinski definition) is 0. The van der Waals surface area contributed by atoms with E-state index in [-0.39, 0.29) is 35.3 Å². The molecule has 0 bridgehead atoms. The second kappa shape index (κ2) is 8.45. The highest BCUT2D eigenvalue weighted by atomic mass is 35.5. The Morgan fingerprint density at radius 1 is 1.06 bits per heavy atom. The monoisotopic (exact) mass is 464 g/mol. The fourth-order valence-corrected chi connectivity index (χ4v) is 5.58. The number of carbonyl (C=O) groups is 1. The number of benzene rings is 1. The van der Waals surface area contributed by atoms with E-state index in [1.54, 1.807) is 43.0 Å². The molecule has 1 aromatic carbocycles. The number of aryl methyl sites for hydroxylation is 2. The number of carbonyl (C=O) groups excluding carboxylic acids is 1. The molecule has 164 valence electrons. The molecule has 0 unspecified atom stereocenters. The first kappa shape index (κ1) is 21.5. The third kappa shape index (κ3) is 4.23. The fraction of sp³-hybridized carbons (Fsp3) is 0.350. The zero-order valence-electron chi connectivity index (χ0n) is 17.0. The molecule has 31 heavy (non-hydrogen) atoms. The van der Waals surface area contributed by atoms with E-state index in [0.717, 1.165) is 0 Å². The van der Waals surface area contributed by atoms with Crippen molar-refractivity contribution in [2.24, 2.45) is 0 Å². The number of sulfonamides is 1. The first-order valence-corrected chi connectivity index (χ1v) is 11.5. The van der Waals surface area contributed by atoms with E-state index in [2.05, 4.69) is 10.3 Å². The van der Waals surface area contributed by atoms with E-state index >= 15 is 0 Å². The predicted molar refractivity (Wildman–Crippen MR) is 112 cm³/mol. The maximum Gasteiger partial charge on any atom is 0.276 e. The van der Waals surface area contributed by atoms with Gasteiger partial charge in [-0.15, -0.1) is 0 Å². The predicted octanol–water partition coefficient (Wildman–Crippen LogP) is 3.14. The van der Waals surface area contributed by atoms with Gasteiger partial charge in [-0.3, -0.25) is 4.79 Å². The topological polar surface area (TPSA) is 110 Å². The van der Waals surface area contributed by atoms with Crippen molar-refractivity contribution in [1.29, 1.82) is 0 Å². The smallest absolute Gasteiger partial charge is 0.276 e. The summed E-state index contributed by atoms with van der Waals surface area (Å²) in [5.41, 5.74) is 1.20. The Labute approximate surface area is 184 Å². The van der Waals surface area contributed by atoms with E-state index in [1.807, 2.05) is 6.07 Å². The second-order valence-electron chi connectivity index (χ2n) is 7.29. The van der Waals surface area contributed by atoms with Crippen LogP contribution in [0, 0.1) is 13.8 Å². The molecule has 3 heterocycles. The van der Waals surface area contributed by atoms with E-state index in [1.165, 1.54) is 4.31 Å². The number of aromatic nitrogens is 2. The molecule has 1 aliphatic heterocycles. The van der Waals surface area contributed by atoms with E-state index < -0.39 is 10.0 Å². The number of halogens is 1. The van der Waals surface area contributed by atoms with Crippen LogP contribution in [0.25, 0.3) is 11.3 Å². The van der Waals surface area contributed by atoms with Gasteiger partial charge in [0.2, 0.25) is 10.0 Å². The second-order valence-corrected chi connectivity index (χ2v) is 9.60. The van der Waals surface area contributed by atoms with Crippen molar-refractivity contribution in [3.63, 3.8) is 0 Å². The fourth-order valence-electron chi connectivity index (χ4n) is 3.63. The van der Waals surface area contributed by atoms with Crippen molar-refractivity contribution in [3.8, 4) is 11.3 Å². The molecule has 3 aromatic rings. The van der Waals surface area contributed by atoms with Crippen molar-refractivity contribution < 1.29 is 22.3 Å². The van der Waals surface area contributed by atoms with Gasteiger partial charge in [0.15, 0.2) is 17.2 Å².